The molecule has 0 bridgehead atoms. The molecule has 3 heteroatoms. The van der Waals surface area contributed by atoms with Gasteiger partial charge in [-0.05, 0) is 50.5 Å². The fourth-order valence-electron chi connectivity index (χ4n) is 4.24. The zero-order valence-corrected chi connectivity index (χ0v) is 13.2. The Balaban J connectivity index is 1.89. The van der Waals surface area contributed by atoms with Crippen molar-refractivity contribution in [2.24, 2.45) is 23.5 Å². The highest BCUT2D eigenvalue weighted by atomic mass is 16.2. The highest BCUT2D eigenvalue weighted by Crippen LogP contribution is 2.43. The van der Waals surface area contributed by atoms with E-state index < -0.39 is 0 Å². The Bertz CT molecular complexity index is 305. The summed E-state index contributed by atoms with van der Waals surface area (Å²) in [5.74, 6) is 2.49. The Morgan fingerprint density at radius 1 is 1.10 bits per heavy atom. The summed E-state index contributed by atoms with van der Waals surface area (Å²) >= 11 is 0. The number of hydrogen-bond donors (Lipinski definition) is 1. The van der Waals surface area contributed by atoms with Crippen molar-refractivity contribution in [1.29, 1.82) is 0 Å². The molecule has 20 heavy (non-hydrogen) atoms. The van der Waals surface area contributed by atoms with E-state index in [0.29, 0.717) is 18.4 Å². The maximum absolute atomic E-state index is 12.8. The van der Waals surface area contributed by atoms with Gasteiger partial charge >= 0.3 is 0 Å². The van der Waals surface area contributed by atoms with Crippen LogP contribution in [0.5, 0.6) is 0 Å². The molecule has 0 radical (unpaired) electrons. The van der Waals surface area contributed by atoms with Crippen LogP contribution in [0.1, 0.15) is 64.7 Å². The summed E-state index contributed by atoms with van der Waals surface area (Å²) in [6, 6.07) is 0. The standard InChI is InChI=1S/C17H32N2O/c1-2-11-19(12-5-10-18)17(20)16-9-8-14-6-3-4-7-15(14)13-16/h14-16H,2-13,18H2,1H3. The van der Waals surface area contributed by atoms with Gasteiger partial charge in [-0.15, -0.1) is 0 Å². The van der Waals surface area contributed by atoms with E-state index in [9.17, 15) is 4.79 Å². The third-order valence-electron chi connectivity index (χ3n) is 5.33. The normalized spacial score (nSPS) is 29.8. The van der Waals surface area contributed by atoms with Crippen molar-refractivity contribution in [2.45, 2.75) is 64.7 Å². The molecule has 2 N–H and O–H groups in total. The largest absolute Gasteiger partial charge is 0.342 e. The summed E-state index contributed by atoms with van der Waals surface area (Å²) in [4.78, 5) is 14.8. The van der Waals surface area contributed by atoms with E-state index in [1.807, 2.05) is 0 Å². The third-order valence-corrected chi connectivity index (χ3v) is 5.33. The zero-order valence-electron chi connectivity index (χ0n) is 13.2. The number of hydrogen-bond acceptors (Lipinski definition) is 2. The molecule has 3 unspecified atom stereocenters. The Morgan fingerprint density at radius 2 is 1.85 bits per heavy atom. The third kappa shape index (κ3) is 3.97. The van der Waals surface area contributed by atoms with Crippen molar-refractivity contribution in [3.8, 4) is 0 Å². The minimum Gasteiger partial charge on any atom is -0.342 e. The van der Waals surface area contributed by atoms with Crippen LogP contribution in [-0.2, 0) is 4.79 Å². The van der Waals surface area contributed by atoms with Gasteiger partial charge in [0, 0.05) is 19.0 Å². The van der Waals surface area contributed by atoms with Crippen LogP contribution >= 0.6 is 0 Å². The van der Waals surface area contributed by atoms with Gasteiger partial charge in [0.1, 0.15) is 0 Å². The average Bonchev–Trinajstić information content (AvgIpc) is 2.50. The van der Waals surface area contributed by atoms with Gasteiger partial charge in [0.25, 0.3) is 0 Å². The lowest BCUT2D eigenvalue weighted by Crippen LogP contribution is -2.41. The molecule has 2 rings (SSSR count). The van der Waals surface area contributed by atoms with Crippen LogP contribution < -0.4 is 5.73 Å². The molecular formula is C17H32N2O. The lowest BCUT2D eigenvalue weighted by Gasteiger charge is -2.40. The summed E-state index contributed by atoms with van der Waals surface area (Å²) in [7, 11) is 0. The summed E-state index contributed by atoms with van der Waals surface area (Å²) in [5.41, 5.74) is 5.60. The highest BCUT2D eigenvalue weighted by molar-refractivity contribution is 5.79. The van der Waals surface area contributed by atoms with Gasteiger partial charge in [-0.2, -0.15) is 0 Å². The first-order valence-corrected chi connectivity index (χ1v) is 8.75. The lowest BCUT2D eigenvalue weighted by atomic mass is 9.67. The Morgan fingerprint density at radius 3 is 2.55 bits per heavy atom. The second kappa shape index (κ2) is 8.02. The molecule has 3 atom stereocenters. The number of nitrogens with zero attached hydrogens (tertiary/aromatic N) is 1. The van der Waals surface area contributed by atoms with E-state index in [4.69, 9.17) is 5.73 Å². The van der Waals surface area contributed by atoms with Gasteiger partial charge in [0.15, 0.2) is 0 Å². The van der Waals surface area contributed by atoms with Crippen molar-refractivity contribution in [1.82, 2.24) is 4.90 Å². The number of nitrogens with two attached hydrogens (primary N) is 1. The van der Waals surface area contributed by atoms with Gasteiger partial charge < -0.3 is 10.6 Å². The summed E-state index contributed by atoms with van der Waals surface area (Å²) in [6.45, 7) is 4.60. The van der Waals surface area contributed by atoms with Crippen molar-refractivity contribution in [3.63, 3.8) is 0 Å². The molecular weight excluding hydrogens is 248 g/mol. The maximum atomic E-state index is 12.8. The molecule has 3 nitrogen and oxygen atoms in total. The molecule has 2 aliphatic rings. The Kier molecular flexibility index (Phi) is 6.34. The van der Waals surface area contributed by atoms with Crippen molar-refractivity contribution >= 4 is 5.91 Å². The van der Waals surface area contributed by atoms with E-state index in [0.717, 1.165) is 50.6 Å². The lowest BCUT2D eigenvalue weighted by molar-refractivity contribution is -0.138. The number of carbonyl (C=O) groups excluding carboxylic acids is 1. The van der Waals surface area contributed by atoms with Gasteiger partial charge in [-0.3, -0.25) is 4.79 Å². The number of carbonyl (C=O) groups is 1. The van der Waals surface area contributed by atoms with Gasteiger partial charge in [0.05, 0.1) is 0 Å². The molecule has 2 fully saturated rings. The topological polar surface area (TPSA) is 46.3 Å². The molecule has 2 saturated carbocycles. The summed E-state index contributed by atoms with van der Waals surface area (Å²) in [5, 5.41) is 0. The second-order valence-electron chi connectivity index (χ2n) is 6.78. The molecule has 0 spiro atoms. The summed E-state index contributed by atoms with van der Waals surface area (Å²) in [6.07, 6.45) is 11.1. The number of rotatable bonds is 6. The quantitative estimate of drug-likeness (QED) is 0.812. The first kappa shape index (κ1) is 15.8. The molecule has 0 aromatic carbocycles. The summed E-state index contributed by atoms with van der Waals surface area (Å²) < 4.78 is 0. The van der Waals surface area contributed by atoms with Crippen molar-refractivity contribution in [2.75, 3.05) is 19.6 Å². The minimum atomic E-state index is 0.304. The molecule has 2 aliphatic carbocycles. The minimum absolute atomic E-state index is 0.304. The SMILES string of the molecule is CCCN(CCCN)C(=O)C1CCC2CCCCC2C1. The van der Waals surface area contributed by atoms with E-state index in [1.165, 1.54) is 32.1 Å². The zero-order chi connectivity index (χ0) is 14.4. The maximum Gasteiger partial charge on any atom is 0.225 e. The monoisotopic (exact) mass is 280 g/mol. The van der Waals surface area contributed by atoms with E-state index in [-0.39, 0.29) is 0 Å². The molecule has 0 aromatic rings. The van der Waals surface area contributed by atoms with Gasteiger partial charge in [0.2, 0.25) is 5.91 Å². The van der Waals surface area contributed by atoms with Crippen LogP contribution in [0, 0.1) is 17.8 Å². The van der Waals surface area contributed by atoms with Crippen molar-refractivity contribution < 1.29 is 4.79 Å². The number of fused-ring (bicyclic) bond motifs is 1. The van der Waals surface area contributed by atoms with E-state index in [2.05, 4.69) is 11.8 Å². The van der Waals surface area contributed by atoms with E-state index in [1.54, 1.807) is 0 Å². The molecule has 0 saturated heterocycles. The van der Waals surface area contributed by atoms with E-state index >= 15 is 0 Å². The molecule has 116 valence electrons. The second-order valence-corrected chi connectivity index (χ2v) is 6.78. The molecule has 0 aromatic heterocycles. The predicted molar refractivity (Wildman–Crippen MR) is 83.3 cm³/mol. The first-order valence-electron chi connectivity index (χ1n) is 8.75. The van der Waals surface area contributed by atoms with Crippen LogP contribution in [0.2, 0.25) is 0 Å². The van der Waals surface area contributed by atoms with Crippen molar-refractivity contribution in [3.05, 3.63) is 0 Å². The van der Waals surface area contributed by atoms with Crippen LogP contribution in [0.25, 0.3) is 0 Å². The Labute approximate surface area is 124 Å². The van der Waals surface area contributed by atoms with Crippen LogP contribution in [0.15, 0.2) is 0 Å². The van der Waals surface area contributed by atoms with Crippen LogP contribution in [-0.4, -0.2) is 30.4 Å². The fourth-order valence-corrected chi connectivity index (χ4v) is 4.24. The van der Waals surface area contributed by atoms with Gasteiger partial charge in [-0.25, -0.2) is 0 Å². The first-order chi connectivity index (χ1) is 9.76. The van der Waals surface area contributed by atoms with Crippen LogP contribution in [0.4, 0.5) is 0 Å². The molecule has 0 heterocycles. The van der Waals surface area contributed by atoms with Crippen LogP contribution in [0.3, 0.4) is 0 Å². The predicted octanol–water partition coefficient (Wildman–Crippen LogP) is 3.18. The molecule has 1 amide bonds. The average molecular weight is 280 g/mol. The highest BCUT2D eigenvalue weighted by Gasteiger charge is 2.36. The fraction of sp³-hybridized carbons (Fsp3) is 0.941. The Hall–Kier alpha value is -0.570. The van der Waals surface area contributed by atoms with Gasteiger partial charge in [-0.1, -0.05) is 32.6 Å². The smallest absolute Gasteiger partial charge is 0.225 e. The number of amides is 1. The molecule has 0 aliphatic heterocycles.